The summed E-state index contributed by atoms with van der Waals surface area (Å²) in [5.74, 6) is 0.780. The molecule has 0 fully saturated rings. The number of hydrogen-bond acceptors (Lipinski definition) is 14. The van der Waals surface area contributed by atoms with Gasteiger partial charge in [0, 0.05) is 72.7 Å². The number of pyridine rings is 4. The van der Waals surface area contributed by atoms with Crippen LogP contribution in [0, 0.1) is 13.8 Å². The van der Waals surface area contributed by atoms with E-state index in [1.807, 2.05) is 48.5 Å². The van der Waals surface area contributed by atoms with Crippen molar-refractivity contribution in [1.82, 2.24) is 30.6 Å². The molecule has 4 aromatic heterocycles. The van der Waals surface area contributed by atoms with Gasteiger partial charge < -0.3 is 49.3 Å². The zero-order valence-corrected chi connectivity index (χ0v) is 41.4. The molecule has 16 nitrogen and oxygen atoms in total. The van der Waals surface area contributed by atoms with E-state index in [2.05, 4.69) is 78.4 Å². The van der Waals surface area contributed by atoms with Crippen molar-refractivity contribution in [3.8, 4) is 46.4 Å². The van der Waals surface area contributed by atoms with Crippen LogP contribution in [-0.2, 0) is 49.1 Å². The van der Waals surface area contributed by atoms with Crippen molar-refractivity contribution in [3.63, 3.8) is 0 Å². The van der Waals surface area contributed by atoms with Crippen molar-refractivity contribution < 1.29 is 48.2 Å². The first-order chi connectivity index (χ1) is 32.9. The SMILES string of the molecule is COc1ccc(COc2nc(OCc3cccc(-c4cccc(COc5nc(OCc6ccc(OC)nc6)c(CNCCCC(=O)O)cc5Br)c4C)c3C)c(Br)cc2CNCCCC(=O)O)cn1. The molecule has 6 aromatic rings. The van der Waals surface area contributed by atoms with Gasteiger partial charge in [0.05, 0.1) is 23.2 Å². The summed E-state index contributed by atoms with van der Waals surface area (Å²) in [4.78, 5) is 40.1. The Balaban J connectivity index is 1.16. The molecule has 4 N–H and O–H groups in total. The van der Waals surface area contributed by atoms with Gasteiger partial charge in [-0.15, -0.1) is 0 Å². The smallest absolute Gasteiger partial charge is 0.303 e. The molecular formula is C50H54Br2N6O10. The molecule has 0 unspecified atom stereocenters. The van der Waals surface area contributed by atoms with Crippen molar-refractivity contribution in [1.29, 1.82) is 0 Å². The number of carboxylic acid groups (broad SMARTS) is 2. The highest BCUT2D eigenvalue weighted by Gasteiger charge is 2.18. The highest BCUT2D eigenvalue weighted by Crippen LogP contribution is 2.35. The third-order valence-electron chi connectivity index (χ3n) is 10.8. The van der Waals surface area contributed by atoms with Gasteiger partial charge >= 0.3 is 11.9 Å². The second kappa shape index (κ2) is 25.7. The monoisotopic (exact) mass is 1060 g/mol. The van der Waals surface area contributed by atoms with Gasteiger partial charge in [0.25, 0.3) is 0 Å². The Hall–Kier alpha value is -6.34. The molecule has 358 valence electrons. The number of aromatic nitrogens is 4. The average molecular weight is 1060 g/mol. The van der Waals surface area contributed by atoms with Crippen LogP contribution < -0.4 is 39.1 Å². The third kappa shape index (κ3) is 14.8. The van der Waals surface area contributed by atoms with Crippen molar-refractivity contribution in [2.75, 3.05) is 27.3 Å². The summed E-state index contributed by atoms with van der Waals surface area (Å²) in [6.07, 6.45) is 4.48. The van der Waals surface area contributed by atoms with E-state index < -0.39 is 11.9 Å². The van der Waals surface area contributed by atoms with Gasteiger partial charge in [-0.1, -0.05) is 36.4 Å². The predicted octanol–water partition coefficient (Wildman–Crippen LogP) is 9.32. The number of carbonyl (C=O) groups is 2. The van der Waals surface area contributed by atoms with Gasteiger partial charge in [0.1, 0.15) is 26.4 Å². The Morgan fingerprint density at radius 1 is 0.559 bits per heavy atom. The number of nitrogens with one attached hydrogen (secondary N) is 2. The first-order valence-corrected chi connectivity index (χ1v) is 23.4. The summed E-state index contributed by atoms with van der Waals surface area (Å²) < 4.78 is 36.9. The number of rotatable bonds is 27. The molecule has 0 atom stereocenters. The number of benzene rings is 2. The average Bonchev–Trinajstić information content (AvgIpc) is 3.33. The lowest BCUT2D eigenvalue weighted by Gasteiger charge is -2.18. The molecule has 0 spiro atoms. The highest BCUT2D eigenvalue weighted by atomic mass is 79.9. The van der Waals surface area contributed by atoms with E-state index in [0.29, 0.717) is 83.2 Å². The molecule has 18 heteroatoms. The van der Waals surface area contributed by atoms with E-state index in [1.54, 1.807) is 38.7 Å². The van der Waals surface area contributed by atoms with Gasteiger partial charge in [-0.25, -0.2) is 9.97 Å². The number of halogens is 2. The Kier molecular flexibility index (Phi) is 19.3. The van der Waals surface area contributed by atoms with Crippen LogP contribution >= 0.6 is 31.9 Å². The zero-order chi connectivity index (χ0) is 48.4. The lowest BCUT2D eigenvalue weighted by molar-refractivity contribution is -0.138. The summed E-state index contributed by atoms with van der Waals surface area (Å²) in [7, 11) is 3.12. The van der Waals surface area contributed by atoms with E-state index in [1.165, 1.54) is 0 Å². The zero-order valence-electron chi connectivity index (χ0n) is 38.3. The maximum absolute atomic E-state index is 11.0. The Bertz CT molecular complexity index is 2460. The van der Waals surface area contributed by atoms with Gasteiger partial charge in [0.15, 0.2) is 0 Å². The molecule has 4 heterocycles. The largest absolute Gasteiger partial charge is 0.481 e. The lowest BCUT2D eigenvalue weighted by Crippen LogP contribution is -2.17. The topological polar surface area (TPSA) is 206 Å². The molecule has 2 aromatic carbocycles. The maximum atomic E-state index is 11.0. The molecule has 0 aliphatic rings. The second-order valence-electron chi connectivity index (χ2n) is 15.6. The molecule has 6 rings (SSSR count). The van der Waals surface area contributed by atoms with Crippen LogP contribution in [-0.4, -0.2) is 69.4 Å². The van der Waals surface area contributed by atoms with Crippen LogP contribution in [0.4, 0.5) is 0 Å². The van der Waals surface area contributed by atoms with Crippen LogP contribution in [0.1, 0.15) is 70.2 Å². The summed E-state index contributed by atoms with van der Waals surface area (Å²) >= 11 is 7.31. The molecule has 0 aliphatic carbocycles. The van der Waals surface area contributed by atoms with Gasteiger partial charge in [0.2, 0.25) is 35.3 Å². The normalized spacial score (nSPS) is 11.0. The number of ether oxygens (including phenoxy) is 6. The van der Waals surface area contributed by atoms with Gasteiger partial charge in [-0.05, 0) is 129 Å². The van der Waals surface area contributed by atoms with Crippen molar-refractivity contribution in [2.45, 2.75) is 79.0 Å². The molecule has 0 saturated heterocycles. The minimum Gasteiger partial charge on any atom is -0.481 e. The molecule has 68 heavy (non-hydrogen) atoms. The quantitative estimate of drug-likeness (QED) is 0.0355. The van der Waals surface area contributed by atoms with E-state index in [0.717, 1.165) is 55.6 Å². The van der Waals surface area contributed by atoms with E-state index in [9.17, 15) is 9.59 Å². The fourth-order valence-corrected chi connectivity index (χ4v) is 7.92. The molecule has 0 radical (unpaired) electrons. The Morgan fingerprint density at radius 3 is 1.34 bits per heavy atom. The Morgan fingerprint density at radius 2 is 0.971 bits per heavy atom. The fourth-order valence-electron chi connectivity index (χ4n) is 6.96. The Labute approximate surface area is 412 Å². The highest BCUT2D eigenvalue weighted by molar-refractivity contribution is 9.10. The number of aliphatic carboxylic acids is 2. The molecule has 0 aliphatic heterocycles. The molecule has 0 saturated carbocycles. The second-order valence-corrected chi connectivity index (χ2v) is 17.3. The first kappa shape index (κ1) is 51.1. The maximum Gasteiger partial charge on any atom is 0.303 e. The molecular weight excluding hydrogens is 1000 g/mol. The minimum absolute atomic E-state index is 0.0739. The van der Waals surface area contributed by atoms with Crippen LogP contribution in [0.2, 0.25) is 0 Å². The third-order valence-corrected chi connectivity index (χ3v) is 11.9. The molecule has 0 bridgehead atoms. The lowest BCUT2D eigenvalue weighted by atomic mass is 9.92. The minimum atomic E-state index is -0.838. The van der Waals surface area contributed by atoms with Crippen LogP contribution in [0.3, 0.4) is 0 Å². The summed E-state index contributed by atoms with van der Waals surface area (Å²) in [6.45, 7) is 6.85. The molecule has 0 amide bonds. The number of carboxylic acids is 2. The number of methoxy groups -OCH3 is 2. The predicted molar refractivity (Wildman–Crippen MR) is 261 cm³/mol. The van der Waals surface area contributed by atoms with Crippen molar-refractivity contribution in [2.24, 2.45) is 0 Å². The standard InChI is InChI=1S/C50H54Br2N6O10/c1-31-35(29-67-49-41(51)21-37(25-53-19-7-13-45(59)60)47(57-49)65-27-33-15-17-43(63-3)55-23-33)9-5-11-39(31)40-12-6-10-36(32(40)2)30-68-50-42(52)22-38(26-54-20-8-14-46(61)62)48(58-50)66-28-34-16-18-44(64-4)56-24-34/h5-6,9-12,15-18,21-24,53-54H,7-8,13-14,19-20,25-30H2,1-4H3,(H,59,60)(H,61,62). The fraction of sp³-hybridized carbons (Fsp3) is 0.320. The van der Waals surface area contributed by atoms with Crippen LogP contribution in [0.5, 0.6) is 35.3 Å². The van der Waals surface area contributed by atoms with E-state index >= 15 is 0 Å². The summed E-state index contributed by atoms with van der Waals surface area (Å²) in [5, 5.41) is 24.7. The van der Waals surface area contributed by atoms with Gasteiger partial charge in [-0.2, -0.15) is 9.97 Å². The number of hydrogen-bond donors (Lipinski definition) is 4. The van der Waals surface area contributed by atoms with E-state index in [-0.39, 0.29) is 39.3 Å². The van der Waals surface area contributed by atoms with Crippen molar-refractivity contribution in [3.05, 3.63) is 139 Å². The van der Waals surface area contributed by atoms with Crippen molar-refractivity contribution >= 4 is 43.8 Å². The first-order valence-electron chi connectivity index (χ1n) is 21.8. The van der Waals surface area contributed by atoms with Crippen LogP contribution in [0.25, 0.3) is 11.1 Å². The van der Waals surface area contributed by atoms with Crippen LogP contribution in [0.15, 0.2) is 94.1 Å². The summed E-state index contributed by atoms with van der Waals surface area (Å²) in [6, 6.07) is 23.3. The number of nitrogens with zero attached hydrogens (tertiary/aromatic N) is 4. The summed E-state index contributed by atoms with van der Waals surface area (Å²) in [5.41, 5.74) is 9.30. The van der Waals surface area contributed by atoms with E-state index in [4.69, 9.17) is 48.6 Å². The van der Waals surface area contributed by atoms with Gasteiger partial charge in [-0.3, -0.25) is 9.59 Å².